The second-order valence-electron chi connectivity index (χ2n) is 7.43. The minimum Gasteiger partial charge on any atom is -0.352 e. The van der Waals surface area contributed by atoms with Gasteiger partial charge in [-0.2, -0.15) is 0 Å². The SMILES string of the molecule is CN(C)CCCNC(=O)c1cnc(N2CCN(Cc3ccccc3)CC2)nc1. The van der Waals surface area contributed by atoms with Gasteiger partial charge in [0.15, 0.2) is 0 Å². The summed E-state index contributed by atoms with van der Waals surface area (Å²) in [6.07, 6.45) is 4.17. The first-order valence-electron chi connectivity index (χ1n) is 9.88. The number of piperazine rings is 1. The normalized spacial score (nSPS) is 15.0. The number of carbonyl (C=O) groups is 1. The van der Waals surface area contributed by atoms with E-state index in [-0.39, 0.29) is 5.91 Å². The van der Waals surface area contributed by atoms with Crippen LogP contribution in [0.3, 0.4) is 0 Å². The number of amides is 1. The number of hydrogen-bond acceptors (Lipinski definition) is 6. The molecule has 0 atom stereocenters. The van der Waals surface area contributed by atoms with Gasteiger partial charge in [-0.15, -0.1) is 0 Å². The maximum absolute atomic E-state index is 12.2. The second kappa shape index (κ2) is 10.1. The summed E-state index contributed by atoms with van der Waals surface area (Å²) in [7, 11) is 4.05. The number of nitrogens with one attached hydrogen (secondary N) is 1. The zero-order valence-corrected chi connectivity index (χ0v) is 16.8. The lowest BCUT2D eigenvalue weighted by molar-refractivity contribution is 0.0951. The van der Waals surface area contributed by atoms with Gasteiger partial charge in [0.1, 0.15) is 0 Å². The third kappa shape index (κ3) is 6.00. The molecule has 0 bridgehead atoms. The third-order valence-corrected chi connectivity index (χ3v) is 4.87. The Labute approximate surface area is 167 Å². The molecule has 1 aliphatic heterocycles. The fourth-order valence-corrected chi connectivity index (χ4v) is 3.25. The van der Waals surface area contributed by atoms with Crippen LogP contribution in [0.5, 0.6) is 0 Å². The molecule has 1 aromatic heterocycles. The topological polar surface area (TPSA) is 64.6 Å². The number of aromatic nitrogens is 2. The first-order chi connectivity index (χ1) is 13.6. The molecular formula is C21H30N6O. The molecule has 2 heterocycles. The minimum atomic E-state index is -0.113. The molecule has 1 saturated heterocycles. The van der Waals surface area contributed by atoms with Gasteiger partial charge in [0.25, 0.3) is 5.91 Å². The van der Waals surface area contributed by atoms with E-state index in [9.17, 15) is 4.79 Å². The average Bonchev–Trinajstić information content (AvgIpc) is 2.72. The van der Waals surface area contributed by atoms with Crippen molar-refractivity contribution in [3.63, 3.8) is 0 Å². The minimum absolute atomic E-state index is 0.113. The van der Waals surface area contributed by atoms with E-state index in [0.29, 0.717) is 18.1 Å². The number of benzene rings is 1. The smallest absolute Gasteiger partial charge is 0.254 e. The van der Waals surface area contributed by atoms with Crippen LogP contribution in [0, 0.1) is 0 Å². The largest absolute Gasteiger partial charge is 0.352 e. The van der Waals surface area contributed by atoms with Crippen molar-refractivity contribution in [2.75, 3.05) is 58.3 Å². The molecule has 0 aliphatic carbocycles. The molecule has 0 unspecified atom stereocenters. The molecule has 150 valence electrons. The van der Waals surface area contributed by atoms with Crippen molar-refractivity contribution >= 4 is 11.9 Å². The summed E-state index contributed by atoms with van der Waals surface area (Å²) in [5.74, 6) is 0.585. The standard InChI is InChI=1S/C21H30N6O/c1-25(2)10-6-9-22-20(28)19-15-23-21(24-16-19)27-13-11-26(12-14-27)17-18-7-4-3-5-8-18/h3-5,7-8,15-16H,6,9-14,17H2,1-2H3,(H,22,28). The Morgan fingerprint density at radius 1 is 1.07 bits per heavy atom. The Balaban J connectivity index is 1.44. The van der Waals surface area contributed by atoms with Crippen LogP contribution in [-0.4, -0.2) is 79.0 Å². The number of rotatable bonds is 8. The molecule has 7 heteroatoms. The molecule has 1 aromatic carbocycles. The van der Waals surface area contributed by atoms with Gasteiger partial charge in [0.05, 0.1) is 5.56 Å². The van der Waals surface area contributed by atoms with E-state index >= 15 is 0 Å². The molecule has 0 spiro atoms. The maximum atomic E-state index is 12.2. The van der Waals surface area contributed by atoms with Crippen LogP contribution >= 0.6 is 0 Å². The van der Waals surface area contributed by atoms with Crippen LogP contribution < -0.4 is 10.2 Å². The van der Waals surface area contributed by atoms with Crippen molar-refractivity contribution < 1.29 is 4.79 Å². The Morgan fingerprint density at radius 2 is 1.75 bits per heavy atom. The Kier molecular flexibility index (Phi) is 7.33. The van der Waals surface area contributed by atoms with Gasteiger partial charge in [-0.25, -0.2) is 9.97 Å². The van der Waals surface area contributed by atoms with E-state index < -0.39 is 0 Å². The monoisotopic (exact) mass is 382 g/mol. The molecule has 1 aliphatic rings. The molecule has 28 heavy (non-hydrogen) atoms. The number of anilines is 1. The maximum Gasteiger partial charge on any atom is 0.254 e. The van der Waals surface area contributed by atoms with Crippen molar-refractivity contribution in [1.29, 1.82) is 0 Å². The van der Waals surface area contributed by atoms with Crippen LogP contribution in [0.15, 0.2) is 42.7 Å². The Hall–Kier alpha value is -2.51. The summed E-state index contributed by atoms with van der Waals surface area (Å²) in [6, 6.07) is 10.5. The lowest BCUT2D eigenvalue weighted by Crippen LogP contribution is -2.46. The Bertz CT molecular complexity index is 726. The highest BCUT2D eigenvalue weighted by Gasteiger charge is 2.19. The number of hydrogen-bond donors (Lipinski definition) is 1. The predicted octanol–water partition coefficient (Wildman–Crippen LogP) is 1.48. The molecule has 3 rings (SSSR count). The van der Waals surface area contributed by atoms with Gasteiger partial charge in [0.2, 0.25) is 5.95 Å². The van der Waals surface area contributed by atoms with Crippen molar-refractivity contribution in [2.45, 2.75) is 13.0 Å². The number of carbonyl (C=O) groups excluding carboxylic acids is 1. The van der Waals surface area contributed by atoms with Crippen molar-refractivity contribution in [2.24, 2.45) is 0 Å². The van der Waals surface area contributed by atoms with Gasteiger partial charge in [-0.3, -0.25) is 9.69 Å². The van der Waals surface area contributed by atoms with E-state index in [0.717, 1.165) is 45.7 Å². The lowest BCUT2D eigenvalue weighted by atomic mass is 10.2. The van der Waals surface area contributed by atoms with Gasteiger partial charge in [-0.1, -0.05) is 30.3 Å². The van der Waals surface area contributed by atoms with Gasteiger partial charge in [0, 0.05) is 51.7 Å². The van der Waals surface area contributed by atoms with Gasteiger partial charge in [-0.05, 0) is 32.6 Å². The zero-order chi connectivity index (χ0) is 19.8. The van der Waals surface area contributed by atoms with E-state index in [1.165, 1.54) is 5.56 Å². The Morgan fingerprint density at radius 3 is 2.39 bits per heavy atom. The van der Waals surface area contributed by atoms with Gasteiger partial charge >= 0.3 is 0 Å². The third-order valence-electron chi connectivity index (χ3n) is 4.87. The molecule has 2 aromatic rings. The van der Waals surface area contributed by atoms with E-state index in [1.54, 1.807) is 12.4 Å². The van der Waals surface area contributed by atoms with E-state index in [1.807, 2.05) is 20.2 Å². The summed E-state index contributed by atoms with van der Waals surface area (Å²) in [4.78, 5) is 27.7. The fourth-order valence-electron chi connectivity index (χ4n) is 3.25. The van der Waals surface area contributed by atoms with Crippen LogP contribution in [0.1, 0.15) is 22.3 Å². The first kappa shape index (κ1) is 20.2. The van der Waals surface area contributed by atoms with Crippen molar-refractivity contribution in [3.8, 4) is 0 Å². The summed E-state index contributed by atoms with van der Waals surface area (Å²) in [6.45, 7) is 6.32. The summed E-state index contributed by atoms with van der Waals surface area (Å²) in [5.41, 5.74) is 1.85. The van der Waals surface area contributed by atoms with E-state index in [4.69, 9.17) is 0 Å². The molecule has 1 amide bonds. The lowest BCUT2D eigenvalue weighted by Gasteiger charge is -2.34. The van der Waals surface area contributed by atoms with Crippen LogP contribution in [0.4, 0.5) is 5.95 Å². The molecule has 7 nitrogen and oxygen atoms in total. The zero-order valence-electron chi connectivity index (χ0n) is 16.8. The van der Waals surface area contributed by atoms with Crippen molar-refractivity contribution in [1.82, 2.24) is 25.1 Å². The molecule has 0 radical (unpaired) electrons. The molecule has 1 N–H and O–H groups in total. The average molecular weight is 383 g/mol. The van der Waals surface area contributed by atoms with E-state index in [2.05, 4.69) is 54.2 Å². The van der Waals surface area contributed by atoms with Crippen LogP contribution in [0.25, 0.3) is 0 Å². The summed E-state index contributed by atoms with van der Waals surface area (Å²) < 4.78 is 0. The quantitative estimate of drug-likeness (QED) is 0.698. The molecular weight excluding hydrogens is 352 g/mol. The second-order valence-corrected chi connectivity index (χ2v) is 7.43. The highest BCUT2D eigenvalue weighted by atomic mass is 16.1. The molecule has 1 fully saturated rings. The fraction of sp³-hybridized carbons (Fsp3) is 0.476. The highest BCUT2D eigenvalue weighted by molar-refractivity contribution is 5.93. The summed E-state index contributed by atoms with van der Waals surface area (Å²) in [5, 5.41) is 2.92. The number of nitrogens with zero attached hydrogens (tertiary/aromatic N) is 5. The van der Waals surface area contributed by atoms with Crippen LogP contribution in [0.2, 0.25) is 0 Å². The van der Waals surface area contributed by atoms with Gasteiger partial charge < -0.3 is 15.1 Å². The first-order valence-corrected chi connectivity index (χ1v) is 9.88. The van der Waals surface area contributed by atoms with Crippen molar-refractivity contribution in [3.05, 3.63) is 53.9 Å². The predicted molar refractivity (Wildman–Crippen MR) is 111 cm³/mol. The highest BCUT2D eigenvalue weighted by Crippen LogP contribution is 2.13. The van der Waals surface area contributed by atoms with Crippen LogP contribution in [-0.2, 0) is 6.54 Å². The summed E-state index contributed by atoms with van der Waals surface area (Å²) >= 11 is 0. The molecule has 0 saturated carbocycles.